The molecule has 2 aliphatic rings. The zero-order valence-corrected chi connectivity index (χ0v) is 21.0. The average Bonchev–Trinajstić information content (AvgIpc) is 3.24. The van der Waals surface area contributed by atoms with Crippen LogP contribution in [-0.2, 0) is 21.8 Å². The molecule has 2 aliphatic heterocycles. The number of hydrogen-bond acceptors (Lipinski definition) is 5. The Bertz CT molecular complexity index is 1320. The molecule has 0 spiro atoms. The van der Waals surface area contributed by atoms with Crippen molar-refractivity contribution in [3.05, 3.63) is 101 Å². The van der Waals surface area contributed by atoms with Crippen molar-refractivity contribution in [3.63, 3.8) is 0 Å². The number of hydrogen-bond donors (Lipinski definition) is 1. The van der Waals surface area contributed by atoms with Gasteiger partial charge in [0, 0.05) is 24.3 Å². The molecule has 0 saturated carbocycles. The average molecular weight is 497 g/mol. The first kappa shape index (κ1) is 24.0. The second kappa shape index (κ2) is 10.9. The number of carbonyl (C=O) groups excluding carboxylic acids is 2. The summed E-state index contributed by atoms with van der Waals surface area (Å²) in [5, 5.41) is 3.59. The predicted molar refractivity (Wildman–Crippen MR) is 146 cm³/mol. The van der Waals surface area contributed by atoms with Gasteiger partial charge in [-0.25, -0.2) is 9.89 Å². The number of aliphatic imine (C=N–C) groups is 2. The molecule has 0 radical (unpaired) electrons. The minimum atomic E-state index is -0.587. The van der Waals surface area contributed by atoms with E-state index in [0.29, 0.717) is 29.7 Å². The number of aryl methyl sites for hydroxylation is 1. The first-order chi connectivity index (χ1) is 17.6. The Morgan fingerprint density at radius 3 is 2.53 bits per heavy atom. The van der Waals surface area contributed by atoms with E-state index in [0.717, 1.165) is 17.7 Å². The lowest BCUT2D eigenvalue weighted by atomic mass is 10.1. The zero-order chi connectivity index (χ0) is 24.9. The maximum atomic E-state index is 13.4. The van der Waals surface area contributed by atoms with Gasteiger partial charge in [-0.15, -0.1) is 0 Å². The molecule has 2 amide bonds. The Labute approximate surface area is 215 Å². The maximum absolute atomic E-state index is 13.4. The van der Waals surface area contributed by atoms with Crippen molar-refractivity contribution in [2.75, 3.05) is 6.54 Å². The van der Waals surface area contributed by atoms with Crippen LogP contribution in [0.4, 0.5) is 5.69 Å². The Hall–Kier alpha value is -3.71. The molecule has 0 fully saturated rings. The van der Waals surface area contributed by atoms with E-state index >= 15 is 0 Å². The van der Waals surface area contributed by atoms with Gasteiger partial charge in [0.05, 0.1) is 5.69 Å². The predicted octanol–water partition coefficient (Wildman–Crippen LogP) is 5.03. The van der Waals surface area contributed by atoms with Crippen LogP contribution >= 0.6 is 11.8 Å². The van der Waals surface area contributed by atoms with Crippen molar-refractivity contribution < 1.29 is 9.59 Å². The molecule has 6 nitrogen and oxygen atoms in total. The fraction of sp³-hybridized carbons (Fsp3) is 0.241. The highest BCUT2D eigenvalue weighted by Gasteiger charge is 2.41. The Morgan fingerprint density at radius 2 is 1.72 bits per heavy atom. The largest absolute Gasteiger partial charge is 0.356 e. The number of amides is 2. The number of amidine groups is 2. The van der Waals surface area contributed by atoms with Crippen LogP contribution in [0.2, 0.25) is 0 Å². The summed E-state index contributed by atoms with van der Waals surface area (Å²) in [6.45, 7) is 2.64. The van der Waals surface area contributed by atoms with Gasteiger partial charge in [-0.2, -0.15) is 0 Å². The molecule has 36 heavy (non-hydrogen) atoms. The van der Waals surface area contributed by atoms with Gasteiger partial charge in [0.2, 0.25) is 5.91 Å². The molecule has 3 aromatic rings. The molecule has 2 heterocycles. The molecule has 0 bridgehead atoms. The van der Waals surface area contributed by atoms with Crippen molar-refractivity contribution in [2.24, 2.45) is 9.98 Å². The molecule has 7 heteroatoms. The number of thioether (sulfide) groups is 1. The molecular weight excluding hydrogens is 468 g/mol. The summed E-state index contributed by atoms with van der Waals surface area (Å²) in [6.07, 6.45) is 1.40. The maximum Gasteiger partial charge on any atom is 0.259 e. The van der Waals surface area contributed by atoms with E-state index < -0.39 is 6.04 Å². The molecule has 1 N–H and O–H groups in total. The monoisotopic (exact) mass is 496 g/mol. The van der Waals surface area contributed by atoms with Crippen molar-refractivity contribution in [3.8, 4) is 0 Å². The highest BCUT2D eigenvalue weighted by molar-refractivity contribution is 8.13. The third-order valence-electron chi connectivity index (χ3n) is 6.26. The fourth-order valence-electron chi connectivity index (χ4n) is 4.27. The van der Waals surface area contributed by atoms with E-state index in [2.05, 4.69) is 36.5 Å². The number of para-hydroxylation sites is 1. The van der Waals surface area contributed by atoms with Gasteiger partial charge in [-0.3, -0.25) is 14.6 Å². The van der Waals surface area contributed by atoms with Gasteiger partial charge in [0.25, 0.3) is 5.91 Å². The SMILES string of the molecule is Cc1ccc(CSC2=Nc3ccccc3C3=N[C@@H](CCC(=O)NCCc4ccccc4)C(=O)N23)cc1. The van der Waals surface area contributed by atoms with Gasteiger partial charge in [-0.05, 0) is 43.0 Å². The normalized spacial score (nSPS) is 16.2. The quantitative estimate of drug-likeness (QED) is 0.476. The number of benzene rings is 3. The molecule has 0 aromatic heterocycles. The van der Waals surface area contributed by atoms with Gasteiger partial charge in [0.15, 0.2) is 5.17 Å². The molecule has 3 aromatic carbocycles. The van der Waals surface area contributed by atoms with Crippen LogP contribution in [0.15, 0.2) is 88.8 Å². The summed E-state index contributed by atoms with van der Waals surface area (Å²) in [6, 6.07) is 25.6. The number of fused-ring (bicyclic) bond motifs is 3. The van der Waals surface area contributed by atoms with Crippen LogP contribution in [-0.4, -0.2) is 40.3 Å². The minimum Gasteiger partial charge on any atom is -0.356 e. The molecule has 182 valence electrons. The van der Waals surface area contributed by atoms with E-state index in [9.17, 15) is 9.59 Å². The first-order valence-corrected chi connectivity index (χ1v) is 13.2. The Kier molecular flexibility index (Phi) is 7.28. The molecule has 0 unspecified atom stereocenters. The van der Waals surface area contributed by atoms with Gasteiger partial charge in [0.1, 0.15) is 11.9 Å². The molecule has 0 saturated heterocycles. The third-order valence-corrected chi connectivity index (χ3v) is 7.27. The highest BCUT2D eigenvalue weighted by Crippen LogP contribution is 2.35. The standard InChI is InChI=1S/C29H28N4O2S/c1-20-11-13-22(14-12-20)19-36-29-32-24-10-6-5-9-23(24)27-31-25(28(35)33(27)29)15-16-26(34)30-18-17-21-7-3-2-4-8-21/h2-14,25H,15-19H2,1H3,(H,30,34)/t25-/m0/s1. The van der Waals surface area contributed by atoms with E-state index in [1.54, 1.807) is 4.90 Å². The first-order valence-electron chi connectivity index (χ1n) is 12.2. The summed E-state index contributed by atoms with van der Waals surface area (Å²) >= 11 is 1.53. The van der Waals surface area contributed by atoms with Crippen LogP contribution < -0.4 is 5.32 Å². The van der Waals surface area contributed by atoms with Crippen LogP contribution in [0.3, 0.4) is 0 Å². The van der Waals surface area contributed by atoms with Crippen LogP contribution in [0.1, 0.15) is 35.1 Å². The summed E-state index contributed by atoms with van der Waals surface area (Å²) in [7, 11) is 0. The van der Waals surface area contributed by atoms with E-state index in [1.807, 2.05) is 54.6 Å². The Balaban J connectivity index is 1.24. The number of rotatable bonds is 8. The smallest absolute Gasteiger partial charge is 0.259 e. The third kappa shape index (κ3) is 5.41. The van der Waals surface area contributed by atoms with E-state index in [-0.39, 0.29) is 18.2 Å². The summed E-state index contributed by atoms with van der Waals surface area (Å²) in [5.74, 6) is 1.15. The number of carbonyl (C=O) groups is 2. The Morgan fingerprint density at radius 1 is 0.972 bits per heavy atom. The van der Waals surface area contributed by atoms with Gasteiger partial charge >= 0.3 is 0 Å². The number of nitrogens with zero attached hydrogens (tertiary/aromatic N) is 3. The zero-order valence-electron chi connectivity index (χ0n) is 20.2. The van der Waals surface area contributed by atoms with Gasteiger partial charge < -0.3 is 5.32 Å². The van der Waals surface area contributed by atoms with Crippen LogP contribution in [0, 0.1) is 6.92 Å². The summed E-state index contributed by atoms with van der Waals surface area (Å²) in [5.41, 5.74) is 5.22. The molecular formula is C29H28N4O2S. The summed E-state index contributed by atoms with van der Waals surface area (Å²) < 4.78 is 0. The lowest BCUT2D eigenvalue weighted by Gasteiger charge is -2.25. The lowest BCUT2D eigenvalue weighted by molar-refractivity contribution is -0.125. The van der Waals surface area contributed by atoms with E-state index in [4.69, 9.17) is 9.98 Å². The number of nitrogens with one attached hydrogen (secondary N) is 1. The van der Waals surface area contributed by atoms with Crippen molar-refractivity contribution in [2.45, 2.75) is 38.0 Å². The summed E-state index contributed by atoms with van der Waals surface area (Å²) in [4.78, 5) is 37.1. The van der Waals surface area contributed by atoms with Crippen molar-refractivity contribution in [1.82, 2.24) is 10.2 Å². The minimum absolute atomic E-state index is 0.0631. The van der Waals surface area contributed by atoms with Crippen molar-refractivity contribution in [1.29, 1.82) is 0 Å². The lowest BCUT2D eigenvalue weighted by Crippen LogP contribution is -2.41. The van der Waals surface area contributed by atoms with E-state index in [1.165, 1.54) is 28.5 Å². The van der Waals surface area contributed by atoms with Crippen LogP contribution in [0.25, 0.3) is 0 Å². The highest BCUT2D eigenvalue weighted by atomic mass is 32.2. The second-order valence-electron chi connectivity index (χ2n) is 8.95. The van der Waals surface area contributed by atoms with Gasteiger partial charge in [-0.1, -0.05) is 84.1 Å². The topological polar surface area (TPSA) is 74.1 Å². The fourth-order valence-corrected chi connectivity index (χ4v) is 5.22. The second-order valence-corrected chi connectivity index (χ2v) is 9.89. The van der Waals surface area contributed by atoms with Crippen LogP contribution in [0.5, 0.6) is 0 Å². The van der Waals surface area contributed by atoms with Crippen molar-refractivity contribution >= 4 is 40.3 Å². The molecule has 0 aliphatic carbocycles. The molecule has 5 rings (SSSR count). The molecule has 1 atom stereocenters.